The summed E-state index contributed by atoms with van der Waals surface area (Å²) in [5, 5.41) is 9.43. The Balaban J connectivity index is 1.65. The molecule has 3 heteroatoms. The predicted octanol–water partition coefficient (Wildman–Crippen LogP) is 2.81. The van der Waals surface area contributed by atoms with E-state index in [2.05, 4.69) is 12.1 Å². The molecule has 106 valence electrons. The van der Waals surface area contributed by atoms with E-state index in [1.807, 2.05) is 19.1 Å². The van der Waals surface area contributed by atoms with Gasteiger partial charge in [-0.05, 0) is 49.3 Å². The van der Waals surface area contributed by atoms with E-state index in [0.717, 1.165) is 37.7 Å². The van der Waals surface area contributed by atoms with Crippen molar-refractivity contribution in [2.45, 2.75) is 38.7 Å². The summed E-state index contributed by atoms with van der Waals surface area (Å²) in [6, 6.07) is 8.04. The Bertz CT molecular complexity index is 357. The normalized spacial score (nSPS) is 16.3. The fourth-order valence-corrected chi connectivity index (χ4v) is 1.79. The van der Waals surface area contributed by atoms with E-state index >= 15 is 0 Å². The first kappa shape index (κ1) is 14.4. The third kappa shape index (κ3) is 5.62. The molecule has 1 aliphatic rings. The van der Waals surface area contributed by atoms with Crippen molar-refractivity contribution in [3.8, 4) is 5.75 Å². The number of hydrogen-bond donors (Lipinski definition) is 1. The molecule has 3 nitrogen and oxygen atoms in total. The van der Waals surface area contributed by atoms with Crippen LogP contribution in [0.15, 0.2) is 24.3 Å². The van der Waals surface area contributed by atoms with Gasteiger partial charge in [-0.1, -0.05) is 19.1 Å². The molecule has 1 aromatic carbocycles. The van der Waals surface area contributed by atoms with Crippen molar-refractivity contribution in [3.05, 3.63) is 29.8 Å². The van der Waals surface area contributed by atoms with Gasteiger partial charge >= 0.3 is 0 Å². The van der Waals surface area contributed by atoms with Crippen molar-refractivity contribution < 1.29 is 14.6 Å². The molecular weight excluding hydrogens is 240 g/mol. The maximum atomic E-state index is 9.43. The summed E-state index contributed by atoms with van der Waals surface area (Å²) < 4.78 is 11.1. The molecule has 0 spiro atoms. The minimum absolute atomic E-state index is 0.361. The van der Waals surface area contributed by atoms with Crippen molar-refractivity contribution in [2.24, 2.45) is 5.92 Å². The molecule has 0 amide bonds. The monoisotopic (exact) mass is 264 g/mol. The van der Waals surface area contributed by atoms with Gasteiger partial charge in [0.05, 0.1) is 12.7 Å². The lowest BCUT2D eigenvalue weighted by atomic mass is 10.1. The summed E-state index contributed by atoms with van der Waals surface area (Å²) in [4.78, 5) is 0. The van der Waals surface area contributed by atoms with Crippen LogP contribution in [0.4, 0.5) is 0 Å². The molecule has 1 unspecified atom stereocenters. The van der Waals surface area contributed by atoms with Gasteiger partial charge in [0.15, 0.2) is 0 Å². The quantitative estimate of drug-likeness (QED) is 0.697. The Morgan fingerprint density at radius 1 is 1.26 bits per heavy atom. The van der Waals surface area contributed by atoms with Gasteiger partial charge in [-0.2, -0.15) is 0 Å². The van der Waals surface area contributed by atoms with Crippen LogP contribution in [0.3, 0.4) is 0 Å². The molecular formula is C16H24O3. The first-order valence-electron chi connectivity index (χ1n) is 7.25. The van der Waals surface area contributed by atoms with E-state index < -0.39 is 0 Å². The van der Waals surface area contributed by atoms with E-state index in [4.69, 9.17) is 9.47 Å². The van der Waals surface area contributed by atoms with Gasteiger partial charge in [0.1, 0.15) is 12.4 Å². The highest BCUT2D eigenvalue weighted by atomic mass is 16.5. The number of aliphatic hydroxyl groups is 1. The third-order valence-electron chi connectivity index (χ3n) is 3.42. The molecule has 1 atom stereocenters. The van der Waals surface area contributed by atoms with Crippen LogP contribution in [0.2, 0.25) is 0 Å². The fraction of sp³-hybridized carbons (Fsp3) is 0.625. The lowest BCUT2D eigenvalue weighted by Gasteiger charge is -2.10. The summed E-state index contributed by atoms with van der Waals surface area (Å²) in [5.41, 5.74) is 1.26. The molecule has 2 rings (SSSR count). The van der Waals surface area contributed by atoms with Crippen LogP contribution in [0.1, 0.15) is 31.7 Å². The number of ether oxygens (including phenoxy) is 2. The number of rotatable bonds is 9. The second-order valence-electron chi connectivity index (χ2n) is 5.29. The minimum Gasteiger partial charge on any atom is -0.491 e. The van der Waals surface area contributed by atoms with Gasteiger partial charge in [0.2, 0.25) is 0 Å². The smallest absolute Gasteiger partial charge is 0.119 e. The molecule has 0 aliphatic heterocycles. The molecule has 1 fully saturated rings. The van der Waals surface area contributed by atoms with Crippen molar-refractivity contribution in [1.29, 1.82) is 0 Å². The largest absolute Gasteiger partial charge is 0.491 e. The molecule has 1 N–H and O–H groups in total. The van der Waals surface area contributed by atoms with Crippen LogP contribution in [0.5, 0.6) is 5.75 Å². The maximum absolute atomic E-state index is 9.43. The predicted molar refractivity (Wildman–Crippen MR) is 75.5 cm³/mol. The second kappa shape index (κ2) is 7.51. The van der Waals surface area contributed by atoms with Crippen LogP contribution in [0.25, 0.3) is 0 Å². The van der Waals surface area contributed by atoms with E-state index in [1.165, 1.54) is 18.4 Å². The van der Waals surface area contributed by atoms with Gasteiger partial charge in [0, 0.05) is 6.61 Å². The van der Waals surface area contributed by atoms with Gasteiger partial charge in [0.25, 0.3) is 0 Å². The first-order valence-corrected chi connectivity index (χ1v) is 7.25. The summed E-state index contributed by atoms with van der Waals surface area (Å²) in [6.07, 6.45) is 3.97. The molecule has 0 aromatic heterocycles. The third-order valence-corrected chi connectivity index (χ3v) is 3.42. The van der Waals surface area contributed by atoms with Crippen LogP contribution in [0, 0.1) is 5.92 Å². The zero-order valence-corrected chi connectivity index (χ0v) is 11.7. The lowest BCUT2D eigenvalue weighted by Crippen LogP contribution is -2.15. The molecule has 1 aromatic rings. The van der Waals surface area contributed by atoms with E-state index in [9.17, 15) is 5.11 Å². The summed E-state index contributed by atoms with van der Waals surface area (Å²) in [5.74, 6) is 1.65. The lowest BCUT2D eigenvalue weighted by molar-refractivity contribution is 0.104. The van der Waals surface area contributed by atoms with Crippen LogP contribution in [-0.4, -0.2) is 31.0 Å². The van der Waals surface area contributed by atoms with Crippen molar-refractivity contribution in [2.75, 3.05) is 19.8 Å². The Morgan fingerprint density at radius 3 is 2.63 bits per heavy atom. The Hall–Kier alpha value is -1.06. The molecule has 0 heterocycles. The maximum Gasteiger partial charge on any atom is 0.119 e. The highest BCUT2D eigenvalue weighted by Crippen LogP contribution is 2.28. The van der Waals surface area contributed by atoms with Crippen LogP contribution < -0.4 is 4.74 Å². The van der Waals surface area contributed by atoms with Crippen LogP contribution >= 0.6 is 0 Å². The number of benzene rings is 1. The Morgan fingerprint density at radius 2 is 2.00 bits per heavy atom. The zero-order chi connectivity index (χ0) is 13.5. The SMILES string of the molecule is CCC(O)COc1ccc(CCOCC2CC2)cc1. The molecule has 0 radical (unpaired) electrons. The summed E-state index contributed by atoms with van der Waals surface area (Å²) in [7, 11) is 0. The van der Waals surface area contributed by atoms with Gasteiger partial charge in [-0.3, -0.25) is 0 Å². The van der Waals surface area contributed by atoms with E-state index in [1.54, 1.807) is 0 Å². The highest BCUT2D eigenvalue weighted by molar-refractivity contribution is 5.27. The Kier molecular flexibility index (Phi) is 5.67. The standard InChI is InChI=1S/C16H24O3/c1-2-15(17)12-19-16-7-5-13(6-8-16)9-10-18-11-14-3-4-14/h5-8,14-15,17H,2-4,9-12H2,1H3. The minimum atomic E-state index is -0.379. The summed E-state index contributed by atoms with van der Waals surface area (Å²) in [6.45, 7) is 4.03. The molecule has 19 heavy (non-hydrogen) atoms. The van der Waals surface area contributed by atoms with Crippen LogP contribution in [-0.2, 0) is 11.2 Å². The zero-order valence-electron chi connectivity index (χ0n) is 11.7. The fourth-order valence-electron chi connectivity index (χ4n) is 1.79. The van der Waals surface area contributed by atoms with Gasteiger partial charge in [-0.25, -0.2) is 0 Å². The van der Waals surface area contributed by atoms with Crippen molar-refractivity contribution in [3.63, 3.8) is 0 Å². The van der Waals surface area contributed by atoms with E-state index in [-0.39, 0.29) is 6.10 Å². The molecule has 1 aliphatic carbocycles. The highest BCUT2D eigenvalue weighted by Gasteiger charge is 2.20. The number of hydrogen-bond acceptors (Lipinski definition) is 3. The average molecular weight is 264 g/mol. The number of aliphatic hydroxyl groups excluding tert-OH is 1. The van der Waals surface area contributed by atoms with E-state index in [0.29, 0.717) is 6.61 Å². The Labute approximate surface area is 115 Å². The average Bonchev–Trinajstić information content (AvgIpc) is 3.26. The molecule has 1 saturated carbocycles. The van der Waals surface area contributed by atoms with Gasteiger partial charge < -0.3 is 14.6 Å². The van der Waals surface area contributed by atoms with Gasteiger partial charge in [-0.15, -0.1) is 0 Å². The molecule has 0 saturated heterocycles. The summed E-state index contributed by atoms with van der Waals surface area (Å²) >= 11 is 0. The first-order chi connectivity index (χ1) is 9.28. The van der Waals surface area contributed by atoms with Crippen molar-refractivity contribution >= 4 is 0 Å². The van der Waals surface area contributed by atoms with Crippen molar-refractivity contribution in [1.82, 2.24) is 0 Å². The molecule has 0 bridgehead atoms. The topological polar surface area (TPSA) is 38.7 Å². The second-order valence-corrected chi connectivity index (χ2v) is 5.29.